The molecule has 6 heteroatoms. The van der Waals surface area contributed by atoms with Crippen LogP contribution in [0.2, 0.25) is 0 Å². The van der Waals surface area contributed by atoms with Crippen LogP contribution in [0.15, 0.2) is 10.8 Å². The molecule has 1 rings (SSSR count). The SMILES string of the molecule is Cn1cc(Br)nc1C(=O)[O-].[Li+]. The molecule has 11 heavy (non-hydrogen) atoms. The van der Waals surface area contributed by atoms with Gasteiger partial charge in [0.15, 0.2) is 5.82 Å². The Hall–Kier alpha value is -0.243. The Bertz CT molecular complexity index is 273. The van der Waals surface area contributed by atoms with Gasteiger partial charge in [-0.3, -0.25) is 0 Å². The molecule has 4 nitrogen and oxygen atoms in total. The predicted molar refractivity (Wildman–Crippen MR) is 35.2 cm³/mol. The third-order valence-corrected chi connectivity index (χ3v) is 1.41. The minimum absolute atomic E-state index is 0. The minimum atomic E-state index is -1.27. The van der Waals surface area contributed by atoms with Gasteiger partial charge < -0.3 is 14.5 Å². The average molecular weight is 211 g/mol. The number of imidazole rings is 1. The maximum absolute atomic E-state index is 10.2. The number of hydrogen-bond donors (Lipinski definition) is 0. The minimum Gasteiger partial charge on any atom is -0.542 e. The second-order valence-corrected chi connectivity index (χ2v) is 2.60. The van der Waals surface area contributed by atoms with Crippen LogP contribution < -0.4 is 24.0 Å². The van der Waals surface area contributed by atoms with Crippen LogP contribution in [0.4, 0.5) is 0 Å². The summed E-state index contributed by atoms with van der Waals surface area (Å²) in [6, 6.07) is 0. The number of nitrogens with zero attached hydrogens (tertiary/aromatic N) is 2. The van der Waals surface area contributed by atoms with Gasteiger partial charge in [-0.05, 0) is 15.9 Å². The maximum atomic E-state index is 10.2. The van der Waals surface area contributed by atoms with Gasteiger partial charge in [-0.1, -0.05) is 0 Å². The first-order chi connectivity index (χ1) is 4.61. The molecule has 0 saturated heterocycles. The van der Waals surface area contributed by atoms with Gasteiger partial charge in [0.05, 0.1) is 0 Å². The van der Waals surface area contributed by atoms with Crippen LogP contribution >= 0.6 is 15.9 Å². The Morgan fingerprint density at radius 3 is 2.55 bits per heavy atom. The normalized spacial score (nSPS) is 8.91. The van der Waals surface area contributed by atoms with E-state index in [1.54, 1.807) is 13.2 Å². The smallest absolute Gasteiger partial charge is 0.542 e. The van der Waals surface area contributed by atoms with Crippen molar-refractivity contribution in [2.45, 2.75) is 0 Å². The van der Waals surface area contributed by atoms with E-state index >= 15 is 0 Å². The van der Waals surface area contributed by atoms with E-state index in [4.69, 9.17) is 0 Å². The topological polar surface area (TPSA) is 58.0 Å². The quantitative estimate of drug-likeness (QED) is 0.454. The van der Waals surface area contributed by atoms with Gasteiger partial charge >= 0.3 is 18.9 Å². The second-order valence-electron chi connectivity index (χ2n) is 1.79. The number of carboxylic acids is 1. The molecule has 0 aliphatic heterocycles. The van der Waals surface area contributed by atoms with Gasteiger partial charge in [0.1, 0.15) is 10.6 Å². The molecule has 0 saturated carbocycles. The van der Waals surface area contributed by atoms with Crippen LogP contribution in [0.1, 0.15) is 10.6 Å². The summed E-state index contributed by atoms with van der Waals surface area (Å²) in [5.74, 6) is -1.35. The molecule has 0 aliphatic carbocycles. The zero-order valence-electron chi connectivity index (χ0n) is 6.17. The van der Waals surface area contributed by atoms with Crippen molar-refractivity contribution in [3.63, 3.8) is 0 Å². The fourth-order valence-corrected chi connectivity index (χ4v) is 1.09. The van der Waals surface area contributed by atoms with E-state index < -0.39 is 5.97 Å². The molecule has 0 aromatic carbocycles. The van der Waals surface area contributed by atoms with Crippen LogP contribution in [0.3, 0.4) is 0 Å². The van der Waals surface area contributed by atoms with Crippen molar-refractivity contribution < 1.29 is 28.8 Å². The van der Waals surface area contributed by atoms with Gasteiger partial charge in [-0.25, -0.2) is 4.98 Å². The Balaban J connectivity index is 0.000001000. The van der Waals surface area contributed by atoms with Crippen molar-refractivity contribution in [2.75, 3.05) is 0 Å². The van der Waals surface area contributed by atoms with Crippen molar-refractivity contribution in [3.8, 4) is 0 Å². The third-order valence-electron chi connectivity index (χ3n) is 1.03. The summed E-state index contributed by atoms with van der Waals surface area (Å²) >= 11 is 3.03. The summed E-state index contributed by atoms with van der Waals surface area (Å²) in [6.07, 6.45) is 1.55. The van der Waals surface area contributed by atoms with Gasteiger partial charge in [0, 0.05) is 13.2 Å². The molecule has 0 amide bonds. The molecule has 54 valence electrons. The van der Waals surface area contributed by atoms with E-state index in [2.05, 4.69) is 20.9 Å². The van der Waals surface area contributed by atoms with Gasteiger partial charge in [0.25, 0.3) is 0 Å². The molecule has 0 bridgehead atoms. The molecule has 0 atom stereocenters. The van der Waals surface area contributed by atoms with Crippen LogP contribution in [0.25, 0.3) is 0 Å². The number of hydrogen-bond acceptors (Lipinski definition) is 3. The molecule has 0 fully saturated rings. The van der Waals surface area contributed by atoms with Gasteiger partial charge in [0.2, 0.25) is 0 Å². The van der Waals surface area contributed by atoms with Crippen molar-refractivity contribution in [1.29, 1.82) is 0 Å². The maximum Gasteiger partial charge on any atom is 1.00 e. The zero-order chi connectivity index (χ0) is 7.72. The third kappa shape index (κ3) is 2.36. The predicted octanol–water partition coefficient (Wildman–Crippen LogP) is -3.45. The zero-order valence-corrected chi connectivity index (χ0v) is 7.75. The van der Waals surface area contributed by atoms with Crippen LogP contribution in [-0.4, -0.2) is 15.5 Å². The summed E-state index contributed by atoms with van der Waals surface area (Å²) < 4.78 is 1.87. The molecular weight excluding hydrogens is 207 g/mol. The number of aromatic nitrogens is 2. The van der Waals surface area contributed by atoms with E-state index in [1.165, 1.54) is 4.57 Å². The molecule has 0 N–H and O–H groups in total. The number of carboxylic acid groups (broad SMARTS) is 1. The number of aryl methyl sites for hydroxylation is 1. The molecule has 0 unspecified atom stereocenters. The van der Waals surface area contributed by atoms with E-state index in [-0.39, 0.29) is 24.7 Å². The van der Waals surface area contributed by atoms with Crippen molar-refractivity contribution in [3.05, 3.63) is 16.6 Å². The molecular formula is C5H4BrLiN2O2. The fourth-order valence-electron chi connectivity index (χ4n) is 0.619. The van der Waals surface area contributed by atoms with E-state index in [0.29, 0.717) is 4.60 Å². The summed E-state index contributed by atoms with van der Waals surface area (Å²) in [6.45, 7) is 0. The largest absolute Gasteiger partial charge is 1.00 e. The fraction of sp³-hybridized carbons (Fsp3) is 0.200. The molecule has 1 aromatic heterocycles. The monoisotopic (exact) mass is 210 g/mol. The first kappa shape index (κ1) is 10.8. The first-order valence-corrected chi connectivity index (χ1v) is 3.31. The van der Waals surface area contributed by atoms with E-state index in [1.807, 2.05) is 0 Å². The molecule has 0 spiro atoms. The molecule has 1 heterocycles. The van der Waals surface area contributed by atoms with Gasteiger partial charge in [-0.15, -0.1) is 0 Å². The van der Waals surface area contributed by atoms with Crippen LogP contribution in [0, 0.1) is 0 Å². The number of rotatable bonds is 1. The standard InChI is InChI=1S/C5H5BrN2O2.Li/c1-8-2-3(6)7-4(8)5(9)10;/h2H,1H3,(H,9,10);/q;+1/p-1. The average Bonchev–Trinajstić information content (AvgIpc) is 2.10. The first-order valence-electron chi connectivity index (χ1n) is 2.51. The van der Waals surface area contributed by atoms with Crippen LogP contribution in [0.5, 0.6) is 0 Å². The number of carbonyl (C=O) groups is 1. The van der Waals surface area contributed by atoms with Gasteiger partial charge in [-0.2, -0.15) is 0 Å². The van der Waals surface area contributed by atoms with Crippen molar-refractivity contribution in [1.82, 2.24) is 9.55 Å². The molecule has 0 radical (unpaired) electrons. The molecule has 1 aromatic rings. The summed E-state index contributed by atoms with van der Waals surface area (Å²) in [5.41, 5.74) is 0. The number of halogens is 1. The van der Waals surface area contributed by atoms with E-state index in [0.717, 1.165) is 0 Å². The Morgan fingerprint density at radius 1 is 1.82 bits per heavy atom. The summed E-state index contributed by atoms with van der Waals surface area (Å²) in [7, 11) is 1.59. The van der Waals surface area contributed by atoms with Crippen LogP contribution in [-0.2, 0) is 7.05 Å². The Kier molecular flexibility index (Phi) is 3.87. The second kappa shape index (κ2) is 3.95. The number of aromatic carboxylic acids is 1. The van der Waals surface area contributed by atoms with Crippen molar-refractivity contribution in [2.24, 2.45) is 7.05 Å². The molecule has 0 aliphatic rings. The number of carbonyl (C=O) groups excluding carboxylic acids is 1. The summed E-state index contributed by atoms with van der Waals surface area (Å²) in [4.78, 5) is 13.8. The Morgan fingerprint density at radius 2 is 2.36 bits per heavy atom. The Labute approximate surface area is 83.9 Å². The van der Waals surface area contributed by atoms with Crippen molar-refractivity contribution >= 4 is 21.9 Å². The van der Waals surface area contributed by atoms with E-state index in [9.17, 15) is 9.90 Å². The summed E-state index contributed by atoms with van der Waals surface area (Å²) in [5, 5.41) is 10.2.